The van der Waals surface area contributed by atoms with Gasteiger partial charge in [-0.2, -0.15) is 15.6 Å². The first-order valence-corrected chi connectivity index (χ1v) is 14.6. The average molecular weight is 607 g/mol. The first-order chi connectivity index (χ1) is 21.5. The minimum atomic E-state index is -2.57. The molecule has 2 aromatic carbocycles. The molecule has 3 N–H and O–H groups in total. The van der Waals surface area contributed by atoms with Gasteiger partial charge in [0.25, 0.3) is 6.43 Å². The van der Waals surface area contributed by atoms with Crippen molar-refractivity contribution in [1.82, 2.24) is 30.2 Å². The Morgan fingerprint density at radius 2 is 1.89 bits per heavy atom. The summed E-state index contributed by atoms with van der Waals surface area (Å²) in [6.07, 6.45) is 4.69. The average Bonchev–Trinajstić information content (AvgIpc) is 3.39. The van der Waals surface area contributed by atoms with Crippen LogP contribution in [0.1, 0.15) is 67.6 Å². The van der Waals surface area contributed by atoms with Gasteiger partial charge in [0.1, 0.15) is 23.4 Å². The number of rotatable bonds is 9. The third-order valence-corrected chi connectivity index (χ3v) is 8.25. The lowest BCUT2D eigenvalue weighted by Gasteiger charge is -2.23. The molecule has 1 atom stereocenters. The molecule has 0 bridgehead atoms. The van der Waals surface area contributed by atoms with Gasteiger partial charge in [0.2, 0.25) is 0 Å². The summed E-state index contributed by atoms with van der Waals surface area (Å²) in [5, 5.41) is 43.1. The van der Waals surface area contributed by atoms with Gasteiger partial charge in [-0.3, -0.25) is 10.1 Å². The van der Waals surface area contributed by atoms with Crippen LogP contribution in [0, 0.1) is 35.0 Å². The molecule has 0 spiro atoms. The highest BCUT2D eigenvalue weighted by Crippen LogP contribution is 2.48. The predicted molar refractivity (Wildman–Crippen MR) is 167 cm³/mol. The molecule has 0 amide bonds. The van der Waals surface area contributed by atoms with Crippen LogP contribution >= 0.6 is 0 Å². The quantitative estimate of drug-likeness (QED) is 0.169. The van der Waals surface area contributed by atoms with E-state index in [1.807, 2.05) is 31.2 Å². The minimum Gasteiger partial charge on any atom is -0.383 e. The second kappa shape index (κ2) is 11.3. The number of alkyl halides is 2. The molecule has 1 aliphatic rings. The number of nitrogens with zero attached hydrogens (tertiary/aromatic N) is 7. The van der Waals surface area contributed by atoms with E-state index in [2.05, 4.69) is 69.0 Å². The zero-order valence-corrected chi connectivity index (χ0v) is 25.4. The van der Waals surface area contributed by atoms with Gasteiger partial charge >= 0.3 is 0 Å². The van der Waals surface area contributed by atoms with E-state index in [-0.39, 0.29) is 5.41 Å². The number of nitriles is 2. The number of pyridine rings is 1. The molecule has 6 rings (SSSR count). The summed E-state index contributed by atoms with van der Waals surface area (Å²) >= 11 is 0. The zero-order valence-electron chi connectivity index (χ0n) is 25.4. The van der Waals surface area contributed by atoms with Crippen LogP contribution in [-0.4, -0.2) is 43.1 Å². The Bertz CT molecular complexity index is 1950. The molecule has 1 fully saturated rings. The fourth-order valence-electron chi connectivity index (χ4n) is 5.56. The number of nitrogens with one attached hydrogen (secondary N) is 3. The van der Waals surface area contributed by atoms with Gasteiger partial charge in [-0.05, 0) is 54.0 Å². The summed E-state index contributed by atoms with van der Waals surface area (Å²) in [5.41, 5.74) is 4.94. The van der Waals surface area contributed by atoms with Crippen molar-refractivity contribution in [3.8, 4) is 23.3 Å². The number of anilines is 2. The fourth-order valence-corrected chi connectivity index (χ4v) is 5.56. The Balaban J connectivity index is 1.50. The van der Waals surface area contributed by atoms with Crippen LogP contribution in [0.25, 0.3) is 22.0 Å². The molecule has 0 radical (unpaired) electrons. The second-order valence-electron chi connectivity index (χ2n) is 12.7. The molecule has 10 nitrogen and oxygen atoms in total. The molecule has 228 valence electrons. The number of hydrogen-bond donors (Lipinski definition) is 3. The first-order valence-electron chi connectivity index (χ1n) is 14.6. The highest BCUT2D eigenvalue weighted by Gasteiger charge is 2.54. The number of aromatic amines is 1. The SMILES string of the molecule is Cc1c(-c2cn[nH]c2)cccc1C(Nc1cc(C#N)c2ncc(C#N)c(NCC(C)(C)C)c2c1)c1cn(C2(C(F)F)CC2)nn1. The van der Waals surface area contributed by atoms with Gasteiger partial charge in [-0.1, -0.05) is 44.2 Å². The van der Waals surface area contributed by atoms with Crippen molar-refractivity contribution in [2.45, 2.75) is 58.5 Å². The lowest BCUT2D eigenvalue weighted by atomic mass is 9.92. The summed E-state index contributed by atoms with van der Waals surface area (Å²) in [6.45, 7) is 8.82. The lowest BCUT2D eigenvalue weighted by molar-refractivity contribution is 0.0593. The van der Waals surface area contributed by atoms with Gasteiger partial charge in [-0.15, -0.1) is 5.10 Å². The molecule has 12 heteroatoms. The van der Waals surface area contributed by atoms with E-state index in [9.17, 15) is 19.3 Å². The van der Waals surface area contributed by atoms with E-state index >= 15 is 0 Å². The zero-order chi connectivity index (χ0) is 31.9. The van der Waals surface area contributed by atoms with Crippen molar-refractivity contribution in [1.29, 1.82) is 10.5 Å². The molecule has 1 saturated carbocycles. The maximum Gasteiger partial charge on any atom is 0.263 e. The summed E-state index contributed by atoms with van der Waals surface area (Å²) < 4.78 is 29.3. The Morgan fingerprint density at radius 3 is 2.53 bits per heavy atom. The van der Waals surface area contributed by atoms with E-state index in [0.717, 1.165) is 22.3 Å². The van der Waals surface area contributed by atoms with Crippen molar-refractivity contribution >= 4 is 22.3 Å². The van der Waals surface area contributed by atoms with Crippen molar-refractivity contribution < 1.29 is 8.78 Å². The highest BCUT2D eigenvalue weighted by molar-refractivity contribution is 5.99. The maximum absolute atomic E-state index is 14.0. The molecule has 0 saturated heterocycles. The van der Waals surface area contributed by atoms with Crippen molar-refractivity contribution in [3.63, 3.8) is 0 Å². The van der Waals surface area contributed by atoms with Crippen LogP contribution in [-0.2, 0) is 5.54 Å². The number of fused-ring (bicyclic) bond motifs is 1. The van der Waals surface area contributed by atoms with E-state index in [4.69, 9.17) is 0 Å². The van der Waals surface area contributed by atoms with Crippen molar-refractivity contribution in [2.75, 3.05) is 17.2 Å². The molecule has 3 heterocycles. The molecule has 5 aromatic rings. The van der Waals surface area contributed by atoms with E-state index in [0.29, 0.717) is 58.5 Å². The Labute approximate surface area is 259 Å². The van der Waals surface area contributed by atoms with E-state index in [1.165, 1.54) is 10.9 Å². The highest BCUT2D eigenvalue weighted by atomic mass is 19.3. The van der Waals surface area contributed by atoms with Crippen LogP contribution in [0.4, 0.5) is 20.2 Å². The van der Waals surface area contributed by atoms with Gasteiger partial charge in [-0.25, -0.2) is 13.5 Å². The summed E-state index contributed by atoms with van der Waals surface area (Å²) in [4.78, 5) is 4.45. The normalized spacial score (nSPS) is 14.6. The molecule has 45 heavy (non-hydrogen) atoms. The van der Waals surface area contributed by atoms with Crippen molar-refractivity contribution in [2.24, 2.45) is 5.41 Å². The smallest absolute Gasteiger partial charge is 0.263 e. The number of halogens is 2. The van der Waals surface area contributed by atoms with Crippen LogP contribution in [0.5, 0.6) is 0 Å². The standard InChI is InChI=1S/C33H32F2N10/c1-19-24(22-15-40-41-16-22)6-5-7-25(19)30(27-17-45(44-43-27)33(8-9-33)31(34)35)42-23-10-20(12-36)28-26(11-23)29(21(13-37)14-38-28)39-18-32(2,3)4/h5-7,10-11,14-17,30-31,42H,8-9,18H2,1-4H3,(H,38,39)(H,40,41). The van der Waals surface area contributed by atoms with Gasteiger partial charge in [0.05, 0.1) is 40.8 Å². The second-order valence-corrected chi connectivity index (χ2v) is 12.7. The topological polar surface area (TPSA) is 144 Å². The van der Waals surface area contributed by atoms with E-state index < -0.39 is 18.0 Å². The Morgan fingerprint density at radius 1 is 1.11 bits per heavy atom. The lowest BCUT2D eigenvalue weighted by Crippen LogP contribution is -2.26. The first kappa shape index (κ1) is 29.7. The summed E-state index contributed by atoms with van der Waals surface area (Å²) in [5.74, 6) is 0. The summed E-state index contributed by atoms with van der Waals surface area (Å²) in [6, 6.07) is 13.2. The molecule has 0 aliphatic heterocycles. The van der Waals surface area contributed by atoms with Crippen molar-refractivity contribution in [3.05, 3.63) is 83.1 Å². The maximum atomic E-state index is 14.0. The number of H-pyrrole nitrogens is 1. The largest absolute Gasteiger partial charge is 0.383 e. The molecular weight excluding hydrogens is 574 g/mol. The van der Waals surface area contributed by atoms with Gasteiger partial charge in [0.15, 0.2) is 0 Å². The molecule has 1 aliphatic carbocycles. The number of benzene rings is 2. The molecule has 3 aromatic heterocycles. The minimum absolute atomic E-state index is 0.0815. The van der Waals surface area contributed by atoms with Crippen LogP contribution in [0.15, 0.2) is 55.1 Å². The predicted octanol–water partition coefficient (Wildman–Crippen LogP) is 6.68. The monoisotopic (exact) mass is 606 g/mol. The van der Waals surface area contributed by atoms with Gasteiger partial charge in [0, 0.05) is 35.6 Å². The van der Waals surface area contributed by atoms with Crippen LogP contribution < -0.4 is 10.6 Å². The van der Waals surface area contributed by atoms with E-state index in [1.54, 1.807) is 24.7 Å². The number of hydrogen-bond acceptors (Lipinski definition) is 8. The molecule has 1 unspecified atom stereocenters. The third-order valence-electron chi connectivity index (χ3n) is 8.25. The fraction of sp³-hybridized carbons (Fsp3) is 0.333. The Kier molecular flexibility index (Phi) is 7.45. The van der Waals surface area contributed by atoms with Gasteiger partial charge < -0.3 is 10.6 Å². The van der Waals surface area contributed by atoms with Crippen LogP contribution in [0.2, 0.25) is 0 Å². The van der Waals surface area contributed by atoms with Crippen LogP contribution in [0.3, 0.4) is 0 Å². The Hall–Kier alpha value is -5.36. The number of aromatic nitrogens is 6. The molecular formula is C33H32F2N10. The summed E-state index contributed by atoms with van der Waals surface area (Å²) in [7, 11) is 0. The third kappa shape index (κ3) is 5.55.